The summed E-state index contributed by atoms with van der Waals surface area (Å²) in [4.78, 5) is 15.3. The zero-order chi connectivity index (χ0) is 17.4. The van der Waals surface area contributed by atoms with E-state index in [0.717, 1.165) is 24.0 Å². The second-order valence-electron chi connectivity index (χ2n) is 6.93. The van der Waals surface area contributed by atoms with E-state index in [1.54, 1.807) is 6.07 Å². The fourth-order valence-electron chi connectivity index (χ4n) is 4.34. The van der Waals surface area contributed by atoms with Gasteiger partial charge >= 0.3 is 0 Å². The molecule has 2 saturated heterocycles. The summed E-state index contributed by atoms with van der Waals surface area (Å²) >= 11 is 0. The molecule has 2 aromatic carbocycles. The number of piperidine rings is 1. The van der Waals surface area contributed by atoms with Crippen molar-refractivity contribution in [2.75, 3.05) is 0 Å². The van der Waals surface area contributed by atoms with Gasteiger partial charge in [-0.15, -0.1) is 0 Å². The van der Waals surface area contributed by atoms with Crippen LogP contribution in [0.15, 0.2) is 48.5 Å². The Morgan fingerprint density at radius 3 is 2.28 bits per heavy atom. The third kappa shape index (κ3) is 2.71. The number of rotatable bonds is 2. The van der Waals surface area contributed by atoms with Gasteiger partial charge in [-0.1, -0.05) is 36.4 Å². The van der Waals surface area contributed by atoms with Gasteiger partial charge in [-0.05, 0) is 43.4 Å². The number of hydrogen-bond donors (Lipinski definition) is 1. The van der Waals surface area contributed by atoms with Gasteiger partial charge in [0.05, 0.1) is 17.7 Å². The molecule has 2 heterocycles. The molecular weight excluding hydrogens is 312 g/mol. The molecule has 1 amide bonds. The van der Waals surface area contributed by atoms with Gasteiger partial charge in [0.15, 0.2) is 0 Å². The second kappa shape index (κ2) is 6.34. The average molecular weight is 332 g/mol. The van der Waals surface area contributed by atoms with Crippen LogP contribution in [0.4, 0.5) is 0 Å². The van der Waals surface area contributed by atoms with Crippen LogP contribution in [0.25, 0.3) is 11.1 Å². The van der Waals surface area contributed by atoms with Gasteiger partial charge in [0, 0.05) is 23.2 Å². The Balaban J connectivity index is 1.75. The largest absolute Gasteiger partial charge is 0.393 e. The molecule has 0 spiro atoms. The van der Waals surface area contributed by atoms with Crippen LogP contribution in [-0.2, 0) is 0 Å². The number of carbonyl (C=O) groups excluding carboxylic acids is 1. The summed E-state index contributed by atoms with van der Waals surface area (Å²) in [6.07, 6.45) is 2.96. The highest BCUT2D eigenvalue weighted by Gasteiger charge is 2.43. The predicted molar refractivity (Wildman–Crippen MR) is 94.8 cm³/mol. The summed E-state index contributed by atoms with van der Waals surface area (Å²) in [6, 6.07) is 17.4. The van der Waals surface area contributed by atoms with Crippen LogP contribution in [0, 0.1) is 11.3 Å². The number of fused-ring (bicyclic) bond motifs is 2. The molecule has 2 aliphatic rings. The van der Waals surface area contributed by atoms with Gasteiger partial charge in [0.25, 0.3) is 5.91 Å². The highest BCUT2D eigenvalue weighted by atomic mass is 16.3. The Bertz CT molecular complexity index is 841. The van der Waals surface area contributed by atoms with Crippen LogP contribution in [-0.4, -0.2) is 34.1 Å². The highest BCUT2D eigenvalue weighted by molar-refractivity contribution is 6.02. The molecule has 1 N–H and O–H groups in total. The average Bonchev–Trinajstić information content (AvgIpc) is 2.92. The molecule has 4 rings (SSSR count). The topological polar surface area (TPSA) is 64.3 Å². The Hall–Kier alpha value is -2.64. The highest BCUT2D eigenvalue weighted by Crippen LogP contribution is 2.38. The van der Waals surface area contributed by atoms with E-state index < -0.39 is 0 Å². The monoisotopic (exact) mass is 332 g/mol. The standard InChI is InChI=1S/C21H20N2O2/c22-13-14-5-1-2-6-18(14)19-7-3-4-8-20(19)21(25)23-15-9-10-16(23)12-17(24)11-15/h1-8,15-17,24H,9-12H2. The quantitative estimate of drug-likeness (QED) is 0.917. The van der Waals surface area contributed by atoms with Gasteiger partial charge < -0.3 is 10.0 Å². The van der Waals surface area contributed by atoms with Crippen LogP contribution < -0.4 is 0 Å². The van der Waals surface area contributed by atoms with Crippen molar-refractivity contribution in [1.82, 2.24) is 4.90 Å². The van der Waals surface area contributed by atoms with Crippen LogP contribution in [0.2, 0.25) is 0 Å². The van der Waals surface area contributed by atoms with Crippen LogP contribution in [0.3, 0.4) is 0 Å². The van der Waals surface area contributed by atoms with Crippen molar-refractivity contribution in [3.8, 4) is 17.2 Å². The fraction of sp³-hybridized carbons (Fsp3) is 0.333. The first kappa shape index (κ1) is 15.9. The summed E-state index contributed by atoms with van der Waals surface area (Å²) in [5, 5.41) is 19.4. The van der Waals surface area contributed by atoms with Crippen LogP contribution in [0.5, 0.6) is 0 Å². The molecule has 0 saturated carbocycles. The zero-order valence-corrected chi connectivity index (χ0v) is 13.9. The van der Waals surface area contributed by atoms with E-state index in [1.807, 2.05) is 47.4 Å². The van der Waals surface area contributed by atoms with Gasteiger partial charge in [-0.2, -0.15) is 5.26 Å². The normalized spacial score (nSPS) is 24.8. The van der Waals surface area contributed by atoms with E-state index >= 15 is 0 Å². The number of aliphatic hydroxyl groups excluding tert-OH is 1. The molecule has 2 bridgehead atoms. The maximum absolute atomic E-state index is 13.3. The lowest BCUT2D eigenvalue weighted by atomic mass is 9.93. The zero-order valence-electron chi connectivity index (χ0n) is 13.9. The van der Waals surface area contributed by atoms with E-state index in [4.69, 9.17) is 0 Å². The molecule has 2 atom stereocenters. The van der Waals surface area contributed by atoms with E-state index in [2.05, 4.69) is 6.07 Å². The molecule has 2 fully saturated rings. The molecule has 2 aliphatic heterocycles. The maximum Gasteiger partial charge on any atom is 0.254 e. The van der Waals surface area contributed by atoms with Gasteiger partial charge in [-0.25, -0.2) is 0 Å². The van der Waals surface area contributed by atoms with Crippen molar-refractivity contribution in [3.63, 3.8) is 0 Å². The van der Waals surface area contributed by atoms with Crippen LogP contribution >= 0.6 is 0 Å². The minimum absolute atomic E-state index is 0.0164. The Morgan fingerprint density at radius 1 is 1.00 bits per heavy atom. The first-order valence-corrected chi connectivity index (χ1v) is 8.78. The summed E-state index contributed by atoms with van der Waals surface area (Å²) in [5.41, 5.74) is 2.80. The van der Waals surface area contributed by atoms with E-state index in [0.29, 0.717) is 24.0 Å². The summed E-state index contributed by atoms with van der Waals surface area (Å²) < 4.78 is 0. The first-order valence-electron chi connectivity index (χ1n) is 8.78. The molecule has 4 heteroatoms. The first-order chi connectivity index (χ1) is 12.2. The lowest BCUT2D eigenvalue weighted by Gasteiger charge is -2.37. The Morgan fingerprint density at radius 2 is 1.60 bits per heavy atom. The number of amides is 1. The van der Waals surface area contributed by atoms with Crippen molar-refractivity contribution in [2.45, 2.75) is 43.9 Å². The molecule has 0 radical (unpaired) electrons. The molecule has 2 unspecified atom stereocenters. The molecule has 25 heavy (non-hydrogen) atoms. The number of nitriles is 1. The number of nitrogens with zero attached hydrogens (tertiary/aromatic N) is 2. The lowest BCUT2D eigenvalue weighted by molar-refractivity contribution is 0.0287. The molecule has 126 valence electrons. The number of carbonyl (C=O) groups is 1. The maximum atomic E-state index is 13.3. The third-order valence-corrected chi connectivity index (χ3v) is 5.44. The Labute approximate surface area is 147 Å². The van der Waals surface area contributed by atoms with Crippen molar-refractivity contribution >= 4 is 5.91 Å². The van der Waals surface area contributed by atoms with Crippen molar-refractivity contribution in [3.05, 3.63) is 59.7 Å². The summed E-state index contributed by atoms with van der Waals surface area (Å²) in [5.74, 6) is 0.0164. The van der Waals surface area contributed by atoms with Crippen molar-refractivity contribution in [1.29, 1.82) is 5.26 Å². The summed E-state index contributed by atoms with van der Waals surface area (Å²) in [6.45, 7) is 0. The Kier molecular flexibility index (Phi) is 4.03. The molecular formula is C21H20N2O2. The predicted octanol–water partition coefficient (Wildman–Crippen LogP) is 3.35. The van der Waals surface area contributed by atoms with E-state index in [1.165, 1.54) is 0 Å². The van der Waals surface area contributed by atoms with E-state index in [9.17, 15) is 15.2 Å². The number of aliphatic hydroxyl groups is 1. The molecule has 2 aromatic rings. The minimum atomic E-state index is -0.295. The summed E-state index contributed by atoms with van der Waals surface area (Å²) in [7, 11) is 0. The second-order valence-corrected chi connectivity index (χ2v) is 6.93. The third-order valence-electron chi connectivity index (χ3n) is 5.44. The molecule has 0 aliphatic carbocycles. The van der Waals surface area contributed by atoms with Crippen molar-refractivity contribution in [2.24, 2.45) is 0 Å². The molecule has 4 nitrogen and oxygen atoms in total. The SMILES string of the molecule is N#Cc1ccccc1-c1ccccc1C(=O)N1C2CCC1CC(O)C2. The number of hydrogen-bond acceptors (Lipinski definition) is 3. The van der Waals surface area contributed by atoms with Crippen molar-refractivity contribution < 1.29 is 9.90 Å². The van der Waals surface area contributed by atoms with Gasteiger partial charge in [-0.3, -0.25) is 4.79 Å². The van der Waals surface area contributed by atoms with Crippen LogP contribution in [0.1, 0.15) is 41.6 Å². The van der Waals surface area contributed by atoms with Gasteiger partial charge in [0.2, 0.25) is 0 Å². The van der Waals surface area contributed by atoms with Gasteiger partial charge in [0.1, 0.15) is 0 Å². The van der Waals surface area contributed by atoms with E-state index in [-0.39, 0.29) is 24.1 Å². The molecule has 0 aromatic heterocycles. The number of benzene rings is 2. The fourth-order valence-corrected chi connectivity index (χ4v) is 4.34. The lowest BCUT2D eigenvalue weighted by Crippen LogP contribution is -2.48. The minimum Gasteiger partial charge on any atom is -0.393 e. The smallest absolute Gasteiger partial charge is 0.254 e.